The number of nitrogens with two attached hydrogens (primary N) is 1. The molecule has 2 aromatic carbocycles. The van der Waals surface area contributed by atoms with Gasteiger partial charge in [0.15, 0.2) is 11.2 Å². The van der Waals surface area contributed by atoms with Gasteiger partial charge in [0.25, 0.3) is 5.56 Å². The van der Waals surface area contributed by atoms with E-state index in [1.54, 1.807) is 14.0 Å². The number of anilines is 1. The number of hydrogen-bond acceptors (Lipinski definition) is 6. The Labute approximate surface area is 231 Å². The van der Waals surface area contributed by atoms with Crippen molar-refractivity contribution in [3.8, 4) is 23.1 Å². The molecular formula is C31H31N7O2. The van der Waals surface area contributed by atoms with Crippen LogP contribution in [0.1, 0.15) is 25.5 Å². The molecule has 0 bridgehead atoms. The zero-order chi connectivity index (χ0) is 27.8. The van der Waals surface area contributed by atoms with Gasteiger partial charge in [-0.1, -0.05) is 60.5 Å². The van der Waals surface area contributed by atoms with Crippen molar-refractivity contribution in [3.05, 3.63) is 87.2 Å². The van der Waals surface area contributed by atoms with E-state index in [4.69, 9.17) is 15.7 Å². The maximum Gasteiger partial charge on any atom is 0.332 e. The average molecular weight is 534 g/mol. The average Bonchev–Trinajstić information content (AvgIpc) is 3.37. The lowest BCUT2D eigenvalue weighted by Gasteiger charge is -2.31. The van der Waals surface area contributed by atoms with Crippen molar-refractivity contribution in [2.24, 2.45) is 12.8 Å². The Morgan fingerprint density at radius 2 is 1.80 bits per heavy atom. The van der Waals surface area contributed by atoms with E-state index < -0.39 is 11.2 Å². The molecular weight excluding hydrogens is 502 g/mol. The van der Waals surface area contributed by atoms with Crippen molar-refractivity contribution in [1.29, 1.82) is 0 Å². The first-order chi connectivity index (χ1) is 19.5. The highest BCUT2D eigenvalue weighted by molar-refractivity contribution is 5.88. The van der Waals surface area contributed by atoms with Gasteiger partial charge in [0, 0.05) is 37.1 Å². The molecule has 0 radical (unpaired) electrons. The maximum atomic E-state index is 14.1. The van der Waals surface area contributed by atoms with Gasteiger partial charge < -0.3 is 10.6 Å². The molecule has 9 nitrogen and oxygen atoms in total. The van der Waals surface area contributed by atoms with Crippen molar-refractivity contribution in [2.45, 2.75) is 38.9 Å². The van der Waals surface area contributed by atoms with E-state index in [1.807, 2.05) is 65.2 Å². The Morgan fingerprint density at radius 1 is 1.02 bits per heavy atom. The molecule has 5 aromatic rings. The fourth-order valence-electron chi connectivity index (χ4n) is 5.54. The molecule has 1 saturated heterocycles. The molecule has 9 heteroatoms. The first-order valence-electron chi connectivity index (χ1n) is 13.5. The predicted octanol–water partition coefficient (Wildman–Crippen LogP) is 3.11. The van der Waals surface area contributed by atoms with Crippen molar-refractivity contribution in [1.82, 2.24) is 23.7 Å². The van der Waals surface area contributed by atoms with Gasteiger partial charge in [-0.3, -0.25) is 23.5 Å². The third kappa shape index (κ3) is 4.46. The largest absolute Gasteiger partial charge is 0.341 e. The molecule has 1 unspecified atom stereocenters. The molecule has 2 N–H and O–H groups in total. The van der Waals surface area contributed by atoms with E-state index in [-0.39, 0.29) is 19.1 Å². The van der Waals surface area contributed by atoms with E-state index in [0.29, 0.717) is 29.4 Å². The molecule has 202 valence electrons. The lowest BCUT2D eigenvalue weighted by atomic mass is 10.0. The van der Waals surface area contributed by atoms with Crippen LogP contribution in [0.5, 0.6) is 0 Å². The van der Waals surface area contributed by atoms with E-state index in [0.717, 1.165) is 41.4 Å². The summed E-state index contributed by atoms with van der Waals surface area (Å²) in [6, 6.07) is 19.8. The summed E-state index contributed by atoms with van der Waals surface area (Å²) in [6.45, 7) is 3.48. The third-order valence-electron chi connectivity index (χ3n) is 7.56. The normalized spacial score (nSPS) is 15.4. The first-order valence-corrected chi connectivity index (χ1v) is 13.5. The van der Waals surface area contributed by atoms with Crippen molar-refractivity contribution < 1.29 is 0 Å². The predicted molar refractivity (Wildman–Crippen MR) is 158 cm³/mol. The molecule has 1 atom stereocenters. The van der Waals surface area contributed by atoms with Gasteiger partial charge in [-0.15, -0.1) is 5.92 Å². The van der Waals surface area contributed by atoms with Crippen LogP contribution in [0.25, 0.3) is 33.2 Å². The van der Waals surface area contributed by atoms with Crippen LogP contribution in [0.3, 0.4) is 0 Å². The minimum atomic E-state index is -0.443. The first kappa shape index (κ1) is 25.6. The SMILES string of the molecule is CC#CCn1c(N2CCCC(N)C2)nc2c1c(=O)n(Cc1nc(-c3ccccc3)cc3ccccc13)c(=O)n2C. The van der Waals surface area contributed by atoms with Gasteiger partial charge in [0.2, 0.25) is 5.95 Å². The summed E-state index contributed by atoms with van der Waals surface area (Å²) < 4.78 is 4.53. The van der Waals surface area contributed by atoms with E-state index in [2.05, 4.69) is 16.7 Å². The van der Waals surface area contributed by atoms with Crippen LogP contribution in [0, 0.1) is 11.8 Å². The van der Waals surface area contributed by atoms with Gasteiger partial charge in [0.05, 0.1) is 24.5 Å². The number of fused-ring (bicyclic) bond motifs is 2. The number of aromatic nitrogens is 5. The number of piperidine rings is 1. The molecule has 1 aliphatic heterocycles. The van der Waals surface area contributed by atoms with E-state index in [1.165, 1.54) is 9.13 Å². The number of rotatable bonds is 5. The van der Waals surface area contributed by atoms with Gasteiger partial charge in [-0.25, -0.2) is 4.79 Å². The minimum Gasteiger partial charge on any atom is -0.341 e. The third-order valence-corrected chi connectivity index (χ3v) is 7.56. The molecule has 6 rings (SSSR count). The van der Waals surface area contributed by atoms with Crippen LogP contribution < -0.4 is 21.9 Å². The molecule has 0 saturated carbocycles. The van der Waals surface area contributed by atoms with Gasteiger partial charge >= 0.3 is 5.69 Å². The lowest BCUT2D eigenvalue weighted by molar-refractivity contribution is 0.496. The minimum absolute atomic E-state index is 0.0241. The molecule has 1 fully saturated rings. The highest BCUT2D eigenvalue weighted by Crippen LogP contribution is 2.26. The van der Waals surface area contributed by atoms with Crippen LogP contribution in [0.2, 0.25) is 0 Å². The smallest absolute Gasteiger partial charge is 0.332 e. The molecule has 0 aliphatic carbocycles. The quantitative estimate of drug-likeness (QED) is 0.348. The van der Waals surface area contributed by atoms with Gasteiger partial charge in [-0.05, 0) is 31.2 Å². The van der Waals surface area contributed by atoms with Crippen molar-refractivity contribution in [2.75, 3.05) is 18.0 Å². The molecule has 0 spiro atoms. The van der Waals surface area contributed by atoms with Crippen LogP contribution in [-0.4, -0.2) is 42.8 Å². The standard InChI is InChI=1S/C31H31N7O2/c1-3-4-17-37-27-28(34-30(37)36-16-10-14-23(32)19-36)35(2)31(40)38(29(27)39)20-26-24-15-9-8-13-22(24)18-25(33-26)21-11-6-5-7-12-21/h5-9,11-13,15,18,23H,10,14,16-17,19-20,32H2,1-2H3. The zero-order valence-electron chi connectivity index (χ0n) is 22.7. The summed E-state index contributed by atoms with van der Waals surface area (Å²) in [5.41, 5.74) is 8.50. The van der Waals surface area contributed by atoms with Gasteiger partial charge in [0.1, 0.15) is 0 Å². The summed E-state index contributed by atoms with van der Waals surface area (Å²) in [6.07, 6.45) is 1.88. The Morgan fingerprint density at radius 3 is 2.58 bits per heavy atom. The number of pyridine rings is 1. The summed E-state index contributed by atoms with van der Waals surface area (Å²) >= 11 is 0. The Bertz CT molecular complexity index is 1910. The number of nitrogens with zero attached hydrogens (tertiary/aromatic N) is 6. The van der Waals surface area contributed by atoms with E-state index in [9.17, 15) is 9.59 Å². The van der Waals surface area contributed by atoms with Crippen molar-refractivity contribution in [3.63, 3.8) is 0 Å². The van der Waals surface area contributed by atoms with Crippen LogP contribution in [0.4, 0.5) is 5.95 Å². The second-order valence-electron chi connectivity index (χ2n) is 10.2. The number of aryl methyl sites for hydroxylation is 1. The van der Waals surface area contributed by atoms with Crippen molar-refractivity contribution >= 4 is 27.9 Å². The van der Waals surface area contributed by atoms with Gasteiger partial charge in [-0.2, -0.15) is 4.98 Å². The maximum absolute atomic E-state index is 14.1. The Hall–Kier alpha value is -4.68. The summed E-state index contributed by atoms with van der Waals surface area (Å²) in [4.78, 5) is 39.6. The molecule has 0 amide bonds. The lowest BCUT2D eigenvalue weighted by Crippen LogP contribution is -2.44. The second kappa shape index (κ2) is 10.5. The number of hydrogen-bond donors (Lipinski definition) is 1. The molecule has 1 aliphatic rings. The van der Waals surface area contributed by atoms with Crippen LogP contribution in [-0.2, 0) is 20.1 Å². The van der Waals surface area contributed by atoms with Crippen LogP contribution in [0.15, 0.2) is 70.3 Å². The molecule has 40 heavy (non-hydrogen) atoms. The van der Waals surface area contributed by atoms with E-state index >= 15 is 0 Å². The monoisotopic (exact) mass is 533 g/mol. The number of benzene rings is 2. The molecule has 3 aromatic heterocycles. The Kier molecular flexibility index (Phi) is 6.70. The fraction of sp³-hybridized carbons (Fsp3) is 0.290. The highest BCUT2D eigenvalue weighted by Gasteiger charge is 2.26. The summed E-state index contributed by atoms with van der Waals surface area (Å²) in [7, 11) is 1.65. The molecule has 4 heterocycles. The fourth-order valence-corrected chi connectivity index (χ4v) is 5.54. The zero-order valence-corrected chi connectivity index (χ0v) is 22.7. The topological polar surface area (TPSA) is 104 Å². The second-order valence-corrected chi connectivity index (χ2v) is 10.2. The highest BCUT2D eigenvalue weighted by atomic mass is 16.2. The summed E-state index contributed by atoms with van der Waals surface area (Å²) in [5.74, 6) is 6.62. The summed E-state index contributed by atoms with van der Waals surface area (Å²) in [5, 5.41) is 1.88. The number of imidazole rings is 1. The van der Waals surface area contributed by atoms with Crippen LogP contribution >= 0.6 is 0 Å². The Balaban J connectivity index is 1.55.